The molecule has 0 saturated carbocycles. The Morgan fingerprint density at radius 3 is 2.46 bits per heavy atom. The molecular formula is C19H17NO4. The van der Waals surface area contributed by atoms with Crippen molar-refractivity contribution in [2.75, 3.05) is 7.11 Å². The molecular weight excluding hydrogens is 306 g/mol. The van der Waals surface area contributed by atoms with Crippen LogP contribution in [0.2, 0.25) is 0 Å². The number of esters is 1. The van der Waals surface area contributed by atoms with Crippen molar-refractivity contribution in [3.05, 3.63) is 71.6 Å². The lowest BCUT2D eigenvalue weighted by atomic mass is 10.2. The van der Waals surface area contributed by atoms with Gasteiger partial charge in [-0.15, -0.1) is 0 Å². The van der Waals surface area contributed by atoms with E-state index in [-0.39, 0.29) is 6.61 Å². The van der Waals surface area contributed by atoms with Gasteiger partial charge in [-0.05, 0) is 43.3 Å². The summed E-state index contributed by atoms with van der Waals surface area (Å²) >= 11 is 0. The van der Waals surface area contributed by atoms with Gasteiger partial charge in [-0.3, -0.25) is 0 Å². The van der Waals surface area contributed by atoms with E-state index in [4.69, 9.17) is 13.9 Å². The lowest BCUT2D eigenvalue weighted by molar-refractivity contribution is 0.0467. The van der Waals surface area contributed by atoms with Gasteiger partial charge in [-0.1, -0.05) is 18.2 Å². The van der Waals surface area contributed by atoms with E-state index in [0.29, 0.717) is 28.7 Å². The molecule has 0 aliphatic heterocycles. The summed E-state index contributed by atoms with van der Waals surface area (Å²) in [5.41, 5.74) is 1.95. The van der Waals surface area contributed by atoms with Crippen LogP contribution in [0.25, 0.3) is 11.5 Å². The normalized spacial score (nSPS) is 10.4. The molecule has 0 saturated heterocycles. The average molecular weight is 323 g/mol. The Hall–Kier alpha value is -3.08. The van der Waals surface area contributed by atoms with Gasteiger partial charge in [0, 0.05) is 5.56 Å². The number of hydrogen-bond acceptors (Lipinski definition) is 5. The van der Waals surface area contributed by atoms with Crippen molar-refractivity contribution < 1.29 is 18.7 Å². The molecule has 0 N–H and O–H groups in total. The van der Waals surface area contributed by atoms with Gasteiger partial charge in [0.25, 0.3) is 0 Å². The van der Waals surface area contributed by atoms with E-state index in [2.05, 4.69) is 4.98 Å². The summed E-state index contributed by atoms with van der Waals surface area (Å²) in [4.78, 5) is 16.5. The van der Waals surface area contributed by atoms with E-state index >= 15 is 0 Å². The van der Waals surface area contributed by atoms with Crippen molar-refractivity contribution in [3.8, 4) is 17.2 Å². The maximum absolute atomic E-state index is 12.1. The molecule has 1 heterocycles. The Morgan fingerprint density at radius 1 is 1.08 bits per heavy atom. The van der Waals surface area contributed by atoms with E-state index in [1.165, 1.54) is 0 Å². The number of benzene rings is 2. The van der Waals surface area contributed by atoms with Crippen LogP contribution in [0.3, 0.4) is 0 Å². The van der Waals surface area contributed by atoms with Gasteiger partial charge in [0.1, 0.15) is 23.8 Å². The van der Waals surface area contributed by atoms with Crippen LogP contribution in [-0.2, 0) is 11.3 Å². The summed E-state index contributed by atoms with van der Waals surface area (Å²) in [5, 5.41) is 0. The van der Waals surface area contributed by atoms with Gasteiger partial charge in [0.05, 0.1) is 12.7 Å². The fraction of sp³-hybridized carbons (Fsp3) is 0.158. The summed E-state index contributed by atoms with van der Waals surface area (Å²) in [5.74, 6) is 1.42. The molecule has 122 valence electrons. The molecule has 0 fully saturated rings. The van der Waals surface area contributed by atoms with Crippen molar-refractivity contribution in [1.82, 2.24) is 4.98 Å². The van der Waals surface area contributed by atoms with Gasteiger partial charge < -0.3 is 13.9 Å². The molecule has 0 aliphatic rings. The Morgan fingerprint density at radius 2 is 1.79 bits per heavy atom. The van der Waals surface area contributed by atoms with Gasteiger partial charge in [0.2, 0.25) is 5.89 Å². The van der Waals surface area contributed by atoms with E-state index < -0.39 is 5.97 Å². The lowest BCUT2D eigenvalue weighted by Gasteiger charge is -2.04. The van der Waals surface area contributed by atoms with Crippen LogP contribution in [0.5, 0.6) is 5.75 Å². The highest BCUT2D eigenvalue weighted by Gasteiger charge is 2.14. The van der Waals surface area contributed by atoms with E-state index in [9.17, 15) is 4.79 Å². The van der Waals surface area contributed by atoms with Gasteiger partial charge in [0.15, 0.2) is 0 Å². The Kier molecular flexibility index (Phi) is 4.61. The number of carbonyl (C=O) groups is 1. The maximum Gasteiger partial charge on any atom is 0.338 e. The topological polar surface area (TPSA) is 61.6 Å². The Balaban J connectivity index is 1.68. The van der Waals surface area contributed by atoms with Gasteiger partial charge in [-0.25, -0.2) is 9.78 Å². The minimum absolute atomic E-state index is 0.0625. The highest BCUT2D eigenvalue weighted by Crippen LogP contribution is 2.22. The smallest absolute Gasteiger partial charge is 0.338 e. The van der Waals surface area contributed by atoms with Crippen LogP contribution in [-0.4, -0.2) is 18.1 Å². The third-order valence-electron chi connectivity index (χ3n) is 3.58. The second-order valence-electron chi connectivity index (χ2n) is 5.19. The minimum atomic E-state index is -0.415. The molecule has 0 bridgehead atoms. The van der Waals surface area contributed by atoms with Crippen LogP contribution in [0, 0.1) is 6.92 Å². The summed E-state index contributed by atoms with van der Waals surface area (Å²) in [6.45, 7) is 1.86. The molecule has 0 radical (unpaired) electrons. The largest absolute Gasteiger partial charge is 0.497 e. The zero-order valence-electron chi connectivity index (χ0n) is 13.5. The highest BCUT2D eigenvalue weighted by atomic mass is 16.5. The van der Waals surface area contributed by atoms with E-state index in [1.54, 1.807) is 38.3 Å². The standard InChI is InChI=1S/C19H17NO4/c1-13-17(20-18(24-13)14-6-4-3-5-7-14)12-23-19(21)15-8-10-16(22-2)11-9-15/h3-11H,12H2,1-2H3. The number of carbonyl (C=O) groups excluding carboxylic acids is 1. The predicted molar refractivity (Wildman–Crippen MR) is 88.8 cm³/mol. The zero-order valence-corrected chi connectivity index (χ0v) is 13.5. The summed E-state index contributed by atoms with van der Waals surface area (Å²) in [7, 11) is 1.57. The first-order valence-corrected chi connectivity index (χ1v) is 7.50. The number of hydrogen-bond donors (Lipinski definition) is 0. The molecule has 24 heavy (non-hydrogen) atoms. The average Bonchev–Trinajstić information content (AvgIpc) is 3.01. The lowest BCUT2D eigenvalue weighted by Crippen LogP contribution is -2.06. The minimum Gasteiger partial charge on any atom is -0.497 e. The molecule has 0 atom stereocenters. The van der Waals surface area contributed by atoms with Crippen molar-refractivity contribution >= 4 is 5.97 Å². The monoisotopic (exact) mass is 323 g/mol. The molecule has 5 heteroatoms. The molecule has 2 aromatic carbocycles. The number of rotatable bonds is 5. The van der Waals surface area contributed by atoms with E-state index in [1.807, 2.05) is 30.3 Å². The fourth-order valence-corrected chi connectivity index (χ4v) is 2.21. The molecule has 1 aromatic heterocycles. The number of methoxy groups -OCH3 is 1. The van der Waals surface area contributed by atoms with Crippen molar-refractivity contribution in [3.63, 3.8) is 0 Å². The van der Waals surface area contributed by atoms with Crippen LogP contribution in [0.15, 0.2) is 59.0 Å². The Labute approximate surface area is 139 Å². The van der Waals surface area contributed by atoms with Crippen molar-refractivity contribution in [1.29, 1.82) is 0 Å². The third kappa shape index (κ3) is 3.46. The molecule has 3 aromatic rings. The first-order valence-electron chi connectivity index (χ1n) is 7.50. The Bertz CT molecular complexity index is 822. The molecule has 0 aliphatic carbocycles. The highest BCUT2D eigenvalue weighted by molar-refractivity contribution is 5.89. The van der Waals surface area contributed by atoms with Crippen LogP contribution < -0.4 is 4.74 Å². The number of aromatic nitrogens is 1. The number of oxazole rings is 1. The van der Waals surface area contributed by atoms with E-state index in [0.717, 1.165) is 5.56 Å². The summed E-state index contributed by atoms with van der Waals surface area (Å²) in [6, 6.07) is 16.3. The van der Waals surface area contributed by atoms with Gasteiger partial charge >= 0.3 is 5.97 Å². The first-order chi connectivity index (χ1) is 11.7. The second kappa shape index (κ2) is 7.00. The molecule has 0 spiro atoms. The summed E-state index contributed by atoms with van der Waals surface area (Å²) < 4.78 is 16.0. The fourth-order valence-electron chi connectivity index (χ4n) is 2.21. The van der Waals surface area contributed by atoms with Crippen LogP contribution >= 0.6 is 0 Å². The van der Waals surface area contributed by atoms with Crippen molar-refractivity contribution in [2.45, 2.75) is 13.5 Å². The number of nitrogens with zero attached hydrogens (tertiary/aromatic N) is 1. The van der Waals surface area contributed by atoms with Crippen LogP contribution in [0.1, 0.15) is 21.8 Å². The third-order valence-corrected chi connectivity index (χ3v) is 3.58. The maximum atomic E-state index is 12.1. The van der Waals surface area contributed by atoms with Crippen molar-refractivity contribution in [2.24, 2.45) is 0 Å². The second-order valence-corrected chi connectivity index (χ2v) is 5.19. The zero-order chi connectivity index (χ0) is 16.9. The summed E-state index contributed by atoms with van der Waals surface area (Å²) in [6.07, 6.45) is 0. The SMILES string of the molecule is COc1ccc(C(=O)OCc2nc(-c3ccccc3)oc2C)cc1. The molecule has 0 unspecified atom stereocenters. The quantitative estimate of drug-likeness (QED) is 0.664. The molecule has 3 rings (SSSR count). The predicted octanol–water partition coefficient (Wildman–Crippen LogP) is 4.02. The van der Waals surface area contributed by atoms with Crippen LogP contribution in [0.4, 0.5) is 0 Å². The first kappa shape index (κ1) is 15.8. The van der Waals surface area contributed by atoms with Gasteiger partial charge in [-0.2, -0.15) is 0 Å². The number of ether oxygens (including phenoxy) is 2. The molecule has 5 nitrogen and oxygen atoms in total. The number of aryl methyl sites for hydroxylation is 1. The molecule has 0 amide bonds.